The highest BCUT2D eigenvalue weighted by atomic mass is 15.3. The molecular formula is C17H16N2. The molecule has 0 unspecified atom stereocenters. The highest BCUT2D eigenvalue weighted by Gasteiger charge is 2.08. The van der Waals surface area contributed by atoms with E-state index in [9.17, 15) is 0 Å². The van der Waals surface area contributed by atoms with Crippen molar-refractivity contribution in [3.63, 3.8) is 0 Å². The van der Waals surface area contributed by atoms with Crippen LogP contribution in [-0.4, -0.2) is 4.68 Å². The van der Waals surface area contributed by atoms with Gasteiger partial charge in [-0.1, -0.05) is 61.2 Å². The number of aromatic nitrogens is 1. The van der Waals surface area contributed by atoms with Gasteiger partial charge in [-0.05, 0) is 12.3 Å². The van der Waals surface area contributed by atoms with Gasteiger partial charge in [0.1, 0.15) is 0 Å². The second-order valence-electron chi connectivity index (χ2n) is 4.54. The van der Waals surface area contributed by atoms with Crippen molar-refractivity contribution < 1.29 is 0 Å². The first-order valence-electron chi connectivity index (χ1n) is 6.34. The number of rotatable bonds is 1. The highest BCUT2D eigenvalue weighted by molar-refractivity contribution is 6.06. The first-order chi connectivity index (χ1) is 9.27. The highest BCUT2D eigenvalue weighted by Crippen LogP contribution is 2.21. The molecule has 2 N–H and O–H groups in total. The molecule has 0 saturated heterocycles. The van der Waals surface area contributed by atoms with Crippen LogP contribution >= 0.6 is 0 Å². The minimum absolute atomic E-state index is 1.02. The van der Waals surface area contributed by atoms with Gasteiger partial charge >= 0.3 is 0 Å². The van der Waals surface area contributed by atoms with E-state index in [1.165, 1.54) is 10.8 Å². The van der Waals surface area contributed by atoms with Crippen LogP contribution in [0.4, 0.5) is 0 Å². The standard InChI is InChI=1S/C17H16N2/c1-3-7-14-15-11-10-12-8-5-6-9-13(12)17(15)19(18)16(14)4-2/h3-11H,1,18H2,2H3/b14-7-,16-4+. The zero-order chi connectivity index (χ0) is 13.4. The fourth-order valence-electron chi connectivity index (χ4n) is 2.71. The van der Waals surface area contributed by atoms with E-state index in [1.54, 1.807) is 10.8 Å². The molecule has 0 amide bonds. The number of nitrogens with two attached hydrogens (primary N) is 1. The maximum Gasteiger partial charge on any atom is 0.0781 e. The van der Waals surface area contributed by atoms with Gasteiger partial charge in [-0.2, -0.15) is 0 Å². The van der Waals surface area contributed by atoms with Crippen molar-refractivity contribution in [2.45, 2.75) is 6.92 Å². The Morgan fingerprint density at radius 2 is 1.89 bits per heavy atom. The molecule has 0 spiro atoms. The molecule has 0 aliphatic carbocycles. The summed E-state index contributed by atoms with van der Waals surface area (Å²) < 4.78 is 1.77. The zero-order valence-corrected chi connectivity index (χ0v) is 10.9. The predicted molar refractivity (Wildman–Crippen MR) is 83.6 cm³/mol. The van der Waals surface area contributed by atoms with E-state index in [0.717, 1.165) is 21.5 Å². The van der Waals surface area contributed by atoms with Gasteiger partial charge in [0.05, 0.1) is 10.9 Å². The lowest BCUT2D eigenvalue weighted by Gasteiger charge is -2.02. The molecule has 1 heterocycles. The predicted octanol–water partition coefficient (Wildman–Crippen LogP) is 2.28. The Morgan fingerprint density at radius 3 is 2.63 bits per heavy atom. The lowest BCUT2D eigenvalue weighted by Crippen LogP contribution is -2.33. The van der Waals surface area contributed by atoms with E-state index in [2.05, 4.69) is 30.8 Å². The fraction of sp³-hybridized carbons (Fsp3) is 0.0588. The molecule has 3 rings (SSSR count). The Balaban J connectivity index is 2.71. The number of fused-ring (bicyclic) bond motifs is 3. The van der Waals surface area contributed by atoms with Crippen LogP contribution in [-0.2, 0) is 0 Å². The number of nitrogen functional groups attached to an aromatic ring is 1. The van der Waals surface area contributed by atoms with Crippen LogP contribution in [0.3, 0.4) is 0 Å². The summed E-state index contributed by atoms with van der Waals surface area (Å²) in [5, 5.41) is 5.68. The normalized spacial score (nSPS) is 13.5. The molecule has 0 bridgehead atoms. The maximum atomic E-state index is 6.28. The average molecular weight is 248 g/mol. The van der Waals surface area contributed by atoms with Crippen molar-refractivity contribution in [2.24, 2.45) is 0 Å². The summed E-state index contributed by atoms with van der Waals surface area (Å²) in [4.78, 5) is 0. The van der Waals surface area contributed by atoms with Crippen LogP contribution in [0.1, 0.15) is 6.92 Å². The van der Waals surface area contributed by atoms with Crippen LogP contribution in [0.2, 0.25) is 0 Å². The van der Waals surface area contributed by atoms with E-state index in [0.29, 0.717) is 0 Å². The van der Waals surface area contributed by atoms with Crippen LogP contribution in [0.15, 0.2) is 49.1 Å². The summed E-state index contributed by atoms with van der Waals surface area (Å²) in [6, 6.07) is 12.6. The number of nitrogens with zero attached hydrogens (tertiary/aromatic N) is 1. The van der Waals surface area contributed by atoms with E-state index in [-0.39, 0.29) is 0 Å². The van der Waals surface area contributed by atoms with Gasteiger partial charge in [-0.25, -0.2) is 0 Å². The van der Waals surface area contributed by atoms with Gasteiger partial charge in [-0.3, -0.25) is 4.68 Å². The third-order valence-electron chi connectivity index (χ3n) is 3.53. The number of hydrogen-bond donors (Lipinski definition) is 1. The Labute approximate surface area is 111 Å². The molecule has 3 aromatic rings. The molecule has 0 aliphatic rings. The molecule has 0 fully saturated rings. The lowest BCUT2D eigenvalue weighted by atomic mass is 10.1. The van der Waals surface area contributed by atoms with E-state index >= 15 is 0 Å². The number of benzene rings is 2. The monoisotopic (exact) mass is 248 g/mol. The van der Waals surface area contributed by atoms with Crippen molar-refractivity contribution in [3.8, 4) is 0 Å². The average Bonchev–Trinajstić information content (AvgIpc) is 2.72. The van der Waals surface area contributed by atoms with Crippen molar-refractivity contribution in [1.82, 2.24) is 4.68 Å². The third kappa shape index (κ3) is 1.57. The van der Waals surface area contributed by atoms with Gasteiger partial charge in [0.25, 0.3) is 0 Å². The summed E-state index contributed by atoms with van der Waals surface area (Å²) in [5.41, 5.74) is 1.07. The van der Waals surface area contributed by atoms with E-state index in [1.807, 2.05) is 31.2 Å². The molecule has 2 aromatic carbocycles. The first-order valence-corrected chi connectivity index (χ1v) is 6.34. The van der Waals surface area contributed by atoms with Gasteiger partial charge in [-0.15, -0.1) is 0 Å². The number of hydrogen-bond acceptors (Lipinski definition) is 1. The molecule has 0 atom stereocenters. The minimum Gasteiger partial charge on any atom is -0.339 e. The Hall–Kier alpha value is -2.48. The maximum absolute atomic E-state index is 6.28. The first kappa shape index (κ1) is 11.6. The summed E-state index contributed by atoms with van der Waals surface area (Å²) in [7, 11) is 0. The second kappa shape index (κ2) is 4.32. The van der Waals surface area contributed by atoms with Gasteiger partial charge < -0.3 is 5.84 Å². The van der Waals surface area contributed by atoms with Crippen LogP contribution < -0.4 is 16.4 Å². The molecule has 0 saturated carbocycles. The molecule has 2 heteroatoms. The summed E-state index contributed by atoms with van der Waals surface area (Å²) >= 11 is 0. The fourth-order valence-corrected chi connectivity index (χ4v) is 2.71. The minimum atomic E-state index is 1.02. The zero-order valence-electron chi connectivity index (χ0n) is 10.9. The van der Waals surface area contributed by atoms with Crippen molar-refractivity contribution in [2.75, 3.05) is 5.84 Å². The summed E-state index contributed by atoms with van der Waals surface area (Å²) in [6.07, 6.45) is 5.84. The topological polar surface area (TPSA) is 30.9 Å². The van der Waals surface area contributed by atoms with E-state index in [4.69, 9.17) is 5.84 Å². The number of allylic oxidation sites excluding steroid dienone is 1. The van der Waals surface area contributed by atoms with Crippen LogP contribution in [0.5, 0.6) is 0 Å². The molecule has 0 aliphatic heterocycles. The molecule has 2 nitrogen and oxygen atoms in total. The van der Waals surface area contributed by atoms with Crippen LogP contribution in [0, 0.1) is 0 Å². The summed E-state index contributed by atoms with van der Waals surface area (Å²) in [5.74, 6) is 6.28. The molecule has 1 aromatic heterocycles. The van der Waals surface area contributed by atoms with E-state index < -0.39 is 0 Å². The molecule has 94 valence electrons. The molecule has 19 heavy (non-hydrogen) atoms. The second-order valence-corrected chi connectivity index (χ2v) is 4.54. The summed E-state index contributed by atoms with van der Waals surface area (Å²) in [6.45, 7) is 5.79. The van der Waals surface area contributed by atoms with Gasteiger partial charge in [0.15, 0.2) is 0 Å². The van der Waals surface area contributed by atoms with Crippen molar-refractivity contribution >= 4 is 33.8 Å². The Kier molecular flexibility index (Phi) is 2.64. The van der Waals surface area contributed by atoms with Crippen molar-refractivity contribution in [1.29, 1.82) is 0 Å². The quantitative estimate of drug-likeness (QED) is 0.658. The van der Waals surface area contributed by atoms with Gasteiger partial charge in [0, 0.05) is 16.0 Å². The van der Waals surface area contributed by atoms with Crippen LogP contribution in [0.25, 0.3) is 33.8 Å². The smallest absolute Gasteiger partial charge is 0.0781 e. The third-order valence-corrected chi connectivity index (χ3v) is 3.53. The Bertz CT molecular complexity index is 898. The SMILES string of the molecule is C=C/C=c1\c(=C/C)n(N)c2c1ccc1ccccc12. The Morgan fingerprint density at radius 1 is 1.11 bits per heavy atom. The largest absolute Gasteiger partial charge is 0.339 e. The lowest BCUT2D eigenvalue weighted by molar-refractivity contribution is 1.01. The van der Waals surface area contributed by atoms with Crippen molar-refractivity contribution in [3.05, 3.63) is 59.6 Å². The molecule has 0 radical (unpaired) electrons. The molecular weight excluding hydrogens is 232 g/mol. The van der Waals surface area contributed by atoms with Gasteiger partial charge in [0.2, 0.25) is 0 Å².